The molecule has 0 aromatic heterocycles. The highest BCUT2D eigenvalue weighted by atomic mass is 19.2. The molecule has 27 heavy (non-hydrogen) atoms. The van der Waals surface area contributed by atoms with Crippen LogP contribution in [0.1, 0.15) is 29.9 Å². The topological polar surface area (TPSA) is 50.4 Å². The van der Waals surface area contributed by atoms with Gasteiger partial charge in [0.15, 0.2) is 11.6 Å². The van der Waals surface area contributed by atoms with Crippen LogP contribution in [-0.4, -0.2) is 32.1 Å². The Morgan fingerprint density at radius 1 is 1.22 bits per heavy atom. The predicted molar refractivity (Wildman–Crippen MR) is 99.8 cm³/mol. The Labute approximate surface area is 157 Å². The molecule has 1 fully saturated rings. The van der Waals surface area contributed by atoms with Crippen LogP contribution in [0.5, 0.6) is 5.75 Å². The zero-order chi connectivity index (χ0) is 19.2. The third kappa shape index (κ3) is 5.04. The standard InChI is InChI=1S/C21H24F2N2O2/c1-27-16-4-2-3-14(11-16)5-8-21(26)25-20-13-24-10-9-17(20)15-6-7-18(22)19(23)12-15/h2-4,6-7,11-12,17,20,24H,5,8-10,13H2,1H3,(H,25,26). The molecule has 1 aliphatic heterocycles. The molecule has 1 aliphatic rings. The molecule has 6 heteroatoms. The number of rotatable bonds is 6. The first-order valence-electron chi connectivity index (χ1n) is 9.15. The van der Waals surface area contributed by atoms with Crippen LogP contribution in [0.25, 0.3) is 0 Å². The van der Waals surface area contributed by atoms with Gasteiger partial charge in [-0.15, -0.1) is 0 Å². The van der Waals surface area contributed by atoms with Gasteiger partial charge >= 0.3 is 0 Å². The van der Waals surface area contributed by atoms with E-state index in [1.165, 1.54) is 6.07 Å². The summed E-state index contributed by atoms with van der Waals surface area (Å²) in [6.45, 7) is 1.38. The van der Waals surface area contributed by atoms with Crippen molar-refractivity contribution < 1.29 is 18.3 Å². The van der Waals surface area contributed by atoms with E-state index in [-0.39, 0.29) is 17.9 Å². The fourth-order valence-electron chi connectivity index (χ4n) is 3.52. The van der Waals surface area contributed by atoms with Crippen molar-refractivity contribution in [1.29, 1.82) is 0 Å². The van der Waals surface area contributed by atoms with E-state index in [4.69, 9.17) is 4.74 Å². The zero-order valence-electron chi connectivity index (χ0n) is 15.3. The van der Waals surface area contributed by atoms with Crippen LogP contribution < -0.4 is 15.4 Å². The first-order valence-corrected chi connectivity index (χ1v) is 9.15. The van der Waals surface area contributed by atoms with E-state index in [1.807, 2.05) is 24.3 Å². The average molecular weight is 374 g/mol. The van der Waals surface area contributed by atoms with E-state index >= 15 is 0 Å². The quantitative estimate of drug-likeness (QED) is 0.817. The maximum Gasteiger partial charge on any atom is 0.220 e. The number of hydrogen-bond donors (Lipinski definition) is 2. The molecule has 2 unspecified atom stereocenters. The number of carbonyl (C=O) groups is 1. The van der Waals surface area contributed by atoms with Crippen molar-refractivity contribution >= 4 is 5.91 Å². The summed E-state index contributed by atoms with van der Waals surface area (Å²) in [6.07, 6.45) is 1.72. The lowest BCUT2D eigenvalue weighted by atomic mass is 9.86. The number of aryl methyl sites for hydroxylation is 1. The van der Waals surface area contributed by atoms with Crippen molar-refractivity contribution in [1.82, 2.24) is 10.6 Å². The maximum atomic E-state index is 13.6. The number of ether oxygens (including phenoxy) is 1. The highest BCUT2D eigenvalue weighted by Crippen LogP contribution is 2.27. The molecule has 0 saturated carbocycles. The Morgan fingerprint density at radius 3 is 2.85 bits per heavy atom. The molecule has 1 amide bonds. The first-order chi connectivity index (χ1) is 13.1. The smallest absolute Gasteiger partial charge is 0.220 e. The Hall–Kier alpha value is -2.47. The van der Waals surface area contributed by atoms with E-state index in [0.717, 1.165) is 30.3 Å². The van der Waals surface area contributed by atoms with E-state index in [2.05, 4.69) is 10.6 Å². The predicted octanol–water partition coefficient (Wildman–Crippen LogP) is 3.17. The molecule has 3 rings (SSSR count). The van der Waals surface area contributed by atoms with Crippen molar-refractivity contribution in [3.63, 3.8) is 0 Å². The number of piperidine rings is 1. The largest absolute Gasteiger partial charge is 0.497 e. The molecule has 4 nitrogen and oxygen atoms in total. The summed E-state index contributed by atoms with van der Waals surface area (Å²) in [5, 5.41) is 6.31. The van der Waals surface area contributed by atoms with Gasteiger partial charge in [-0.25, -0.2) is 8.78 Å². The summed E-state index contributed by atoms with van der Waals surface area (Å²) in [5.41, 5.74) is 1.75. The summed E-state index contributed by atoms with van der Waals surface area (Å²) in [4.78, 5) is 12.4. The SMILES string of the molecule is COc1cccc(CCC(=O)NC2CNCCC2c2ccc(F)c(F)c2)c1. The van der Waals surface area contributed by atoms with Crippen LogP contribution >= 0.6 is 0 Å². The van der Waals surface area contributed by atoms with Gasteiger partial charge in [0.25, 0.3) is 0 Å². The monoisotopic (exact) mass is 374 g/mol. The molecule has 0 spiro atoms. The van der Waals surface area contributed by atoms with Gasteiger partial charge in [-0.3, -0.25) is 4.79 Å². The Bertz CT molecular complexity index is 798. The molecular formula is C21H24F2N2O2. The lowest BCUT2D eigenvalue weighted by molar-refractivity contribution is -0.122. The van der Waals surface area contributed by atoms with Crippen molar-refractivity contribution in [2.45, 2.75) is 31.2 Å². The fraction of sp³-hybridized carbons (Fsp3) is 0.381. The average Bonchev–Trinajstić information content (AvgIpc) is 2.69. The lowest BCUT2D eigenvalue weighted by Gasteiger charge is -2.33. The van der Waals surface area contributed by atoms with E-state index in [1.54, 1.807) is 13.2 Å². The zero-order valence-corrected chi connectivity index (χ0v) is 15.3. The van der Waals surface area contributed by atoms with Crippen LogP contribution in [-0.2, 0) is 11.2 Å². The van der Waals surface area contributed by atoms with Gasteiger partial charge in [0.1, 0.15) is 5.75 Å². The molecule has 2 N–H and O–H groups in total. The van der Waals surface area contributed by atoms with Gasteiger partial charge in [0.05, 0.1) is 7.11 Å². The van der Waals surface area contributed by atoms with Crippen molar-refractivity contribution in [3.05, 3.63) is 65.2 Å². The third-order valence-electron chi connectivity index (χ3n) is 4.98. The van der Waals surface area contributed by atoms with Gasteiger partial charge in [-0.1, -0.05) is 18.2 Å². The van der Waals surface area contributed by atoms with Gasteiger partial charge in [-0.2, -0.15) is 0 Å². The number of amides is 1. The third-order valence-corrected chi connectivity index (χ3v) is 4.98. The molecule has 2 aromatic carbocycles. The molecular weight excluding hydrogens is 350 g/mol. The van der Waals surface area contributed by atoms with Crippen molar-refractivity contribution in [3.8, 4) is 5.75 Å². The van der Waals surface area contributed by atoms with Crippen molar-refractivity contribution in [2.75, 3.05) is 20.2 Å². The van der Waals surface area contributed by atoms with Crippen molar-refractivity contribution in [2.24, 2.45) is 0 Å². The minimum absolute atomic E-state index is 0.0397. The summed E-state index contributed by atoms with van der Waals surface area (Å²) < 4.78 is 32.0. The summed E-state index contributed by atoms with van der Waals surface area (Å²) in [7, 11) is 1.61. The Balaban J connectivity index is 1.61. The summed E-state index contributed by atoms with van der Waals surface area (Å²) in [6, 6.07) is 11.5. The number of benzene rings is 2. The van der Waals surface area contributed by atoms with Gasteiger partial charge in [0.2, 0.25) is 5.91 Å². The van der Waals surface area contributed by atoms with Crippen LogP contribution in [0.15, 0.2) is 42.5 Å². The number of halogens is 2. The first kappa shape index (κ1) is 19.3. The minimum Gasteiger partial charge on any atom is -0.497 e. The van der Waals surface area contributed by atoms with Crippen LogP contribution in [0.3, 0.4) is 0 Å². The molecule has 2 aromatic rings. The number of carbonyl (C=O) groups excluding carboxylic acids is 1. The second-order valence-electron chi connectivity index (χ2n) is 6.80. The molecule has 0 bridgehead atoms. The van der Waals surface area contributed by atoms with E-state index < -0.39 is 11.6 Å². The van der Waals surface area contributed by atoms with Gasteiger partial charge < -0.3 is 15.4 Å². The highest BCUT2D eigenvalue weighted by molar-refractivity contribution is 5.76. The Morgan fingerprint density at radius 2 is 2.07 bits per heavy atom. The minimum atomic E-state index is -0.855. The highest BCUT2D eigenvalue weighted by Gasteiger charge is 2.28. The van der Waals surface area contributed by atoms with Crippen LogP contribution in [0.4, 0.5) is 8.78 Å². The normalized spacial score (nSPS) is 19.5. The summed E-state index contributed by atoms with van der Waals surface area (Å²) >= 11 is 0. The Kier molecular flexibility index (Phi) is 6.40. The van der Waals surface area contributed by atoms with Crippen LogP contribution in [0.2, 0.25) is 0 Å². The van der Waals surface area contributed by atoms with Gasteiger partial charge in [-0.05, 0) is 54.8 Å². The lowest BCUT2D eigenvalue weighted by Crippen LogP contribution is -2.50. The molecule has 1 heterocycles. The second kappa shape index (κ2) is 8.95. The number of hydrogen-bond acceptors (Lipinski definition) is 3. The van der Waals surface area contributed by atoms with Crippen LogP contribution in [0, 0.1) is 11.6 Å². The molecule has 144 valence electrons. The fourth-order valence-corrected chi connectivity index (χ4v) is 3.52. The van der Waals surface area contributed by atoms with Gasteiger partial charge in [0, 0.05) is 24.9 Å². The second-order valence-corrected chi connectivity index (χ2v) is 6.80. The summed E-state index contributed by atoms with van der Waals surface area (Å²) in [5.74, 6) is -1.04. The molecule has 2 atom stereocenters. The number of methoxy groups -OCH3 is 1. The van der Waals surface area contributed by atoms with E-state index in [9.17, 15) is 13.6 Å². The number of nitrogens with one attached hydrogen (secondary N) is 2. The maximum absolute atomic E-state index is 13.6. The molecule has 1 saturated heterocycles. The molecule has 0 aliphatic carbocycles. The molecule has 0 radical (unpaired) electrons. The van der Waals surface area contributed by atoms with E-state index in [0.29, 0.717) is 24.9 Å².